The van der Waals surface area contributed by atoms with Crippen LogP contribution in [0.5, 0.6) is 11.5 Å². The number of benzene rings is 2. The third-order valence-electron chi connectivity index (χ3n) is 2.86. The van der Waals surface area contributed by atoms with Crippen molar-refractivity contribution in [3.05, 3.63) is 60.7 Å². The second-order valence-electron chi connectivity index (χ2n) is 4.44. The van der Waals surface area contributed by atoms with E-state index in [1.165, 1.54) is 12.2 Å². The normalized spacial score (nSPS) is 12.2. The molecule has 0 spiro atoms. The van der Waals surface area contributed by atoms with Gasteiger partial charge in [-0.15, -0.1) is 0 Å². The number of aliphatic imine (C=N–C) groups is 2. The van der Waals surface area contributed by atoms with Crippen LogP contribution in [-0.2, 0) is 9.59 Å². The highest BCUT2D eigenvalue weighted by Gasteiger charge is 2.25. The first-order chi connectivity index (χ1) is 11.3. The fourth-order valence-electron chi connectivity index (χ4n) is 1.86. The number of hydrogen-bond acceptors (Lipinski definition) is 6. The zero-order valence-electron chi connectivity index (χ0n) is 12.2. The van der Waals surface area contributed by atoms with Gasteiger partial charge in [0, 0.05) is 0 Å². The number of nitrogens with zero attached hydrogens (tertiary/aromatic N) is 2. The van der Waals surface area contributed by atoms with E-state index >= 15 is 0 Å². The van der Waals surface area contributed by atoms with Gasteiger partial charge in [0.2, 0.25) is 18.4 Å². The van der Waals surface area contributed by atoms with Gasteiger partial charge in [-0.2, -0.15) is 4.99 Å². The molecule has 2 aromatic rings. The lowest BCUT2D eigenvalue weighted by Crippen LogP contribution is -2.37. The Bertz CT molecular complexity index is 693. The standard InChI is InChI=1S/C17H14N2O4/c20-12-18-11-16(22-14-7-3-1-4-8-14)17(19-13-21)23-15-9-5-2-6-10-15/h1-10,16-17H,11H2. The first kappa shape index (κ1) is 16.2. The van der Waals surface area contributed by atoms with E-state index in [1.54, 1.807) is 48.5 Å². The van der Waals surface area contributed by atoms with Crippen LogP contribution in [0.3, 0.4) is 0 Å². The predicted octanol–water partition coefficient (Wildman–Crippen LogP) is 2.51. The van der Waals surface area contributed by atoms with Gasteiger partial charge in [0.25, 0.3) is 0 Å². The van der Waals surface area contributed by atoms with Crippen molar-refractivity contribution in [2.75, 3.05) is 6.54 Å². The van der Waals surface area contributed by atoms with Crippen molar-refractivity contribution < 1.29 is 19.1 Å². The minimum absolute atomic E-state index is 0.0545. The lowest BCUT2D eigenvalue weighted by Gasteiger charge is -2.23. The van der Waals surface area contributed by atoms with Crippen molar-refractivity contribution in [2.45, 2.75) is 12.3 Å². The van der Waals surface area contributed by atoms with Crippen molar-refractivity contribution >= 4 is 12.2 Å². The highest BCUT2D eigenvalue weighted by Crippen LogP contribution is 2.18. The smallest absolute Gasteiger partial charge is 0.239 e. The summed E-state index contributed by atoms with van der Waals surface area (Å²) < 4.78 is 11.4. The van der Waals surface area contributed by atoms with Crippen LogP contribution in [0.4, 0.5) is 0 Å². The Hall–Kier alpha value is -3.20. The molecule has 23 heavy (non-hydrogen) atoms. The molecule has 2 rings (SSSR count). The topological polar surface area (TPSA) is 77.3 Å². The lowest BCUT2D eigenvalue weighted by molar-refractivity contribution is 0.0654. The van der Waals surface area contributed by atoms with Crippen LogP contribution in [0.2, 0.25) is 0 Å². The molecule has 0 aliphatic carbocycles. The molecule has 0 saturated carbocycles. The van der Waals surface area contributed by atoms with E-state index in [9.17, 15) is 9.59 Å². The quantitative estimate of drug-likeness (QED) is 0.554. The van der Waals surface area contributed by atoms with Gasteiger partial charge in [0.05, 0.1) is 6.54 Å². The molecule has 116 valence electrons. The van der Waals surface area contributed by atoms with E-state index in [2.05, 4.69) is 9.98 Å². The van der Waals surface area contributed by atoms with Crippen molar-refractivity contribution in [3.8, 4) is 11.5 Å². The second kappa shape index (κ2) is 8.95. The molecular formula is C17H14N2O4. The molecular weight excluding hydrogens is 296 g/mol. The highest BCUT2D eigenvalue weighted by molar-refractivity contribution is 5.35. The summed E-state index contributed by atoms with van der Waals surface area (Å²) in [5.41, 5.74) is 0. The number of carbonyl (C=O) groups excluding carboxylic acids is 2. The minimum atomic E-state index is -0.993. The summed E-state index contributed by atoms with van der Waals surface area (Å²) in [6.07, 6.45) is 1.13. The van der Waals surface area contributed by atoms with E-state index in [1.807, 2.05) is 12.1 Å². The van der Waals surface area contributed by atoms with Crippen molar-refractivity contribution in [1.29, 1.82) is 0 Å². The molecule has 0 aliphatic rings. The maximum atomic E-state index is 10.7. The maximum absolute atomic E-state index is 10.7. The Labute approximate surface area is 133 Å². The van der Waals surface area contributed by atoms with Crippen molar-refractivity contribution in [2.24, 2.45) is 9.98 Å². The van der Waals surface area contributed by atoms with E-state index in [-0.39, 0.29) is 6.54 Å². The SMILES string of the molecule is O=C=NCC(Oc1ccccc1)C(N=C=O)Oc1ccccc1. The largest absolute Gasteiger partial charge is 0.482 e. The fraction of sp³-hybridized carbons (Fsp3) is 0.176. The van der Waals surface area contributed by atoms with Crippen LogP contribution in [0.1, 0.15) is 0 Å². The zero-order valence-corrected chi connectivity index (χ0v) is 12.2. The fourth-order valence-corrected chi connectivity index (χ4v) is 1.86. The van der Waals surface area contributed by atoms with Gasteiger partial charge in [0.1, 0.15) is 11.5 Å². The molecule has 0 saturated heterocycles. The van der Waals surface area contributed by atoms with Gasteiger partial charge in [0.15, 0.2) is 6.10 Å². The molecule has 0 N–H and O–H groups in total. The molecule has 0 amide bonds. The summed E-state index contributed by atoms with van der Waals surface area (Å²) in [5.74, 6) is 1.05. The highest BCUT2D eigenvalue weighted by atomic mass is 16.6. The Morgan fingerprint density at radius 2 is 1.39 bits per heavy atom. The van der Waals surface area contributed by atoms with Crippen LogP contribution < -0.4 is 9.47 Å². The summed E-state index contributed by atoms with van der Waals surface area (Å²) >= 11 is 0. The molecule has 2 atom stereocenters. The number of hydrogen-bond donors (Lipinski definition) is 0. The van der Waals surface area contributed by atoms with Crippen LogP contribution in [0, 0.1) is 0 Å². The molecule has 6 nitrogen and oxygen atoms in total. The first-order valence-electron chi connectivity index (χ1n) is 6.87. The Morgan fingerprint density at radius 3 is 1.91 bits per heavy atom. The number of rotatable bonds is 8. The molecule has 0 aliphatic heterocycles. The average molecular weight is 310 g/mol. The van der Waals surface area contributed by atoms with E-state index in [4.69, 9.17) is 9.47 Å². The summed E-state index contributed by atoms with van der Waals surface area (Å²) in [6.45, 7) is -0.0545. The van der Waals surface area contributed by atoms with Crippen molar-refractivity contribution in [1.82, 2.24) is 0 Å². The minimum Gasteiger partial charge on any atom is -0.482 e. The number of isocyanates is 2. The predicted molar refractivity (Wildman–Crippen MR) is 82.8 cm³/mol. The Balaban J connectivity index is 2.21. The van der Waals surface area contributed by atoms with Gasteiger partial charge in [-0.05, 0) is 24.3 Å². The van der Waals surface area contributed by atoms with Crippen LogP contribution in [-0.4, -0.2) is 31.0 Å². The molecule has 0 aromatic heterocycles. The molecule has 0 bridgehead atoms. The third kappa shape index (κ3) is 5.25. The van der Waals surface area contributed by atoms with E-state index < -0.39 is 12.3 Å². The average Bonchev–Trinajstić information content (AvgIpc) is 2.60. The number of para-hydroxylation sites is 2. The summed E-state index contributed by atoms with van der Waals surface area (Å²) in [6, 6.07) is 17.8. The van der Waals surface area contributed by atoms with Crippen LogP contribution in [0.15, 0.2) is 70.6 Å². The Kier molecular flexibility index (Phi) is 6.29. The molecule has 0 fully saturated rings. The van der Waals surface area contributed by atoms with Gasteiger partial charge in [-0.25, -0.2) is 14.6 Å². The monoisotopic (exact) mass is 310 g/mol. The van der Waals surface area contributed by atoms with Crippen LogP contribution in [0.25, 0.3) is 0 Å². The van der Waals surface area contributed by atoms with Crippen LogP contribution >= 0.6 is 0 Å². The molecule has 2 aromatic carbocycles. The van der Waals surface area contributed by atoms with E-state index in [0.29, 0.717) is 11.5 Å². The second-order valence-corrected chi connectivity index (χ2v) is 4.44. The number of ether oxygens (including phenoxy) is 2. The van der Waals surface area contributed by atoms with Gasteiger partial charge < -0.3 is 9.47 Å². The third-order valence-corrected chi connectivity index (χ3v) is 2.86. The summed E-state index contributed by atoms with van der Waals surface area (Å²) in [5, 5.41) is 0. The summed E-state index contributed by atoms with van der Waals surface area (Å²) in [4.78, 5) is 28.2. The zero-order chi connectivity index (χ0) is 16.3. The first-order valence-corrected chi connectivity index (χ1v) is 6.87. The lowest BCUT2D eigenvalue weighted by atomic mass is 10.3. The van der Waals surface area contributed by atoms with Gasteiger partial charge in [-0.3, -0.25) is 0 Å². The van der Waals surface area contributed by atoms with Gasteiger partial charge in [-0.1, -0.05) is 36.4 Å². The molecule has 6 heteroatoms. The van der Waals surface area contributed by atoms with Gasteiger partial charge >= 0.3 is 0 Å². The molecule has 2 unspecified atom stereocenters. The maximum Gasteiger partial charge on any atom is 0.239 e. The van der Waals surface area contributed by atoms with E-state index in [0.717, 1.165) is 0 Å². The Morgan fingerprint density at radius 1 is 0.826 bits per heavy atom. The van der Waals surface area contributed by atoms with Crippen molar-refractivity contribution in [3.63, 3.8) is 0 Å². The molecule has 0 radical (unpaired) electrons. The molecule has 0 heterocycles. The summed E-state index contributed by atoms with van der Waals surface area (Å²) in [7, 11) is 0.